The van der Waals surface area contributed by atoms with Gasteiger partial charge in [0.25, 0.3) is 0 Å². The molecule has 1 aliphatic rings. The molecule has 0 bridgehead atoms. The minimum Gasteiger partial charge on any atom is -0.494 e. The molecule has 2 heterocycles. The molecule has 7 heteroatoms. The van der Waals surface area contributed by atoms with Crippen molar-refractivity contribution in [3.05, 3.63) is 112 Å². The first-order valence-corrected chi connectivity index (χ1v) is 11.9. The predicted molar refractivity (Wildman–Crippen MR) is 137 cm³/mol. The molecule has 4 aromatic rings. The number of halogens is 2. The van der Waals surface area contributed by atoms with Crippen molar-refractivity contribution < 1.29 is 18.7 Å². The van der Waals surface area contributed by atoms with E-state index in [0.717, 1.165) is 11.1 Å². The zero-order valence-corrected chi connectivity index (χ0v) is 20.4. The van der Waals surface area contributed by atoms with Crippen LogP contribution in [0.25, 0.3) is 11.1 Å². The van der Waals surface area contributed by atoms with Crippen LogP contribution in [0.5, 0.6) is 11.5 Å². The number of benzene rings is 3. The number of nitrogens with zero attached hydrogens (tertiary/aromatic N) is 1. The number of methoxy groups -OCH3 is 1. The van der Waals surface area contributed by atoms with E-state index in [2.05, 4.69) is 4.98 Å². The SMILES string of the molecule is COc1ccc(C(=O)Cc2cccnc2)c(-c2c(Cl)ccc3c2C[C@@](CN)(c2ccccc2)O3)c1F. The Morgan fingerprint density at radius 2 is 1.92 bits per heavy atom. The van der Waals surface area contributed by atoms with Crippen LogP contribution in [0.15, 0.2) is 79.1 Å². The van der Waals surface area contributed by atoms with Gasteiger partial charge in [0.1, 0.15) is 5.75 Å². The summed E-state index contributed by atoms with van der Waals surface area (Å²) < 4.78 is 27.6. The van der Waals surface area contributed by atoms with Crippen LogP contribution < -0.4 is 15.2 Å². The van der Waals surface area contributed by atoms with E-state index in [9.17, 15) is 4.79 Å². The zero-order chi connectivity index (χ0) is 25.3. The van der Waals surface area contributed by atoms with Crippen LogP contribution in [0.4, 0.5) is 4.39 Å². The summed E-state index contributed by atoms with van der Waals surface area (Å²) in [6.45, 7) is 0.205. The Balaban J connectivity index is 1.67. The number of ether oxygens (including phenoxy) is 2. The molecular weight excluding hydrogens is 479 g/mol. The quantitative estimate of drug-likeness (QED) is 0.325. The number of Topliss-reactive ketones (excluding diaryl/α,β-unsaturated/α-hetero) is 1. The van der Waals surface area contributed by atoms with E-state index in [-0.39, 0.29) is 35.6 Å². The molecule has 0 radical (unpaired) electrons. The Kier molecular flexibility index (Phi) is 6.48. The molecule has 182 valence electrons. The van der Waals surface area contributed by atoms with Gasteiger partial charge in [0.2, 0.25) is 0 Å². The topological polar surface area (TPSA) is 74.4 Å². The summed E-state index contributed by atoms with van der Waals surface area (Å²) in [6.07, 6.45) is 3.68. The highest BCUT2D eigenvalue weighted by molar-refractivity contribution is 6.34. The van der Waals surface area contributed by atoms with E-state index < -0.39 is 11.4 Å². The van der Waals surface area contributed by atoms with Gasteiger partial charge in [-0.25, -0.2) is 4.39 Å². The summed E-state index contributed by atoms with van der Waals surface area (Å²) in [4.78, 5) is 17.5. The Morgan fingerprint density at radius 1 is 1.11 bits per heavy atom. The fourth-order valence-electron chi connectivity index (χ4n) is 4.78. The molecule has 0 saturated carbocycles. The van der Waals surface area contributed by atoms with Crippen LogP contribution in [0.1, 0.15) is 27.0 Å². The number of carbonyl (C=O) groups excluding carboxylic acids is 1. The van der Waals surface area contributed by atoms with E-state index >= 15 is 4.39 Å². The molecule has 3 aromatic carbocycles. The number of aromatic nitrogens is 1. The molecule has 5 nitrogen and oxygen atoms in total. The monoisotopic (exact) mass is 502 g/mol. The Labute approximate surface area is 213 Å². The van der Waals surface area contributed by atoms with Crippen LogP contribution in [-0.4, -0.2) is 24.4 Å². The minimum absolute atomic E-state index is 0.0173. The number of rotatable bonds is 7. The van der Waals surface area contributed by atoms with Gasteiger partial charge < -0.3 is 15.2 Å². The van der Waals surface area contributed by atoms with Gasteiger partial charge in [0, 0.05) is 59.1 Å². The van der Waals surface area contributed by atoms with Crippen molar-refractivity contribution in [1.82, 2.24) is 4.98 Å². The highest BCUT2D eigenvalue weighted by Gasteiger charge is 2.42. The fraction of sp³-hybridized carbons (Fsp3) is 0.172. The molecule has 0 spiro atoms. The van der Waals surface area contributed by atoms with E-state index in [4.69, 9.17) is 26.8 Å². The maximum absolute atomic E-state index is 16.0. The number of ketones is 1. The van der Waals surface area contributed by atoms with Gasteiger partial charge >= 0.3 is 0 Å². The molecule has 36 heavy (non-hydrogen) atoms. The number of fused-ring (bicyclic) bond motifs is 1. The van der Waals surface area contributed by atoms with Gasteiger partial charge in [-0.3, -0.25) is 9.78 Å². The van der Waals surface area contributed by atoms with E-state index in [1.165, 1.54) is 13.2 Å². The molecule has 0 fully saturated rings. The third-order valence-corrected chi connectivity index (χ3v) is 6.90. The zero-order valence-electron chi connectivity index (χ0n) is 19.6. The van der Waals surface area contributed by atoms with Crippen LogP contribution in [0.3, 0.4) is 0 Å². The van der Waals surface area contributed by atoms with Crippen molar-refractivity contribution >= 4 is 17.4 Å². The molecule has 2 N–H and O–H groups in total. The second kappa shape index (κ2) is 9.72. The first kappa shape index (κ1) is 24.0. The van der Waals surface area contributed by atoms with Crippen molar-refractivity contribution in [3.8, 4) is 22.6 Å². The summed E-state index contributed by atoms with van der Waals surface area (Å²) in [5.41, 5.74) is 8.43. The third-order valence-electron chi connectivity index (χ3n) is 6.58. The average molecular weight is 503 g/mol. The lowest BCUT2D eigenvalue weighted by Gasteiger charge is -2.27. The highest BCUT2D eigenvalue weighted by atomic mass is 35.5. The summed E-state index contributed by atoms with van der Waals surface area (Å²) in [5.74, 6) is -0.352. The summed E-state index contributed by atoms with van der Waals surface area (Å²) in [7, 11) is 1.38. The molecule has 0 unspecified atom stereocenters. The highest BCUT2D eigenvalue weighted by Crippen LogP contribution is 2.49. The first-order chi connectivity index (χ1) is 17.5. The number of nitrogens with two attached hydrogens (primary N) is 1. The number of hydrogen-bond acceptors (Lipinski definition) is 5. The maximum Gasteiger partial charge on any atom is 0.173 e. The Bertz CT molecular complexity index is 1430. The van der Waals surface area contributed by atoms with Crippen LogP contribution >= 0.6 is 11.6 Å². The third kappa shape index (κ3) is 4.12. The van der Waals surface area contributed by atoms with Crippen LogP contribution in [0.2, 0.25) is 5.02 Å². The lowest BCUT2D eigenvalue weighted by molar-refractivity contribution is 0.0992. The molecule has 1 atom stereocenters. The van der Waals surface area contributed by atoms with Crippen molar-refractivity contribution in [2.24, 2.45) is 5.73 Å². The molecule has 1 aromatic heterocycles. The van der Waals surface area contributed by atoms with Crippen molar-refractivity contribution in [2.75, 3.05) is 13.7 Å². The van der Waals surface area contributed by atoms with Gasteiger partial charge in [-0.1, -0.05) is 48.0 Å². The standard InChI is InChI=1S/C29H24ClFN2O3/c1-35-25-11-9-20(23(34)14-18-6-5-13-33-16-18)27(28(25)31)26-21-15-29(17-32,19-7-3-2-4-8-19)36-24(21)12-10-22(26)30/h2-13,16H,14-15,17,32H2,1H3/t29-/m1/s1. The second-order valence-corrected chi connectivity index (χ2v) is 9.12. The molecule has 0 aliphatic carbocycles. The predicted octanol–water partition coefficient (Wildman–Crippen LogP) is 5.76. The van der Waals surface area contributed by atoms with Crippen LogP contribution in [-0.2, 0) is 18.4 Å². The van der Waals surface area contributed by atoms with Gasteiger partial charge in [-0.05, 0) is 41.5 Å². The van der Waals surface area contributed by atoms with E-state index in [0.29, 0.717) is 28.3 Å². The smallest absolute Gasteiger partial charge is 0.173 e. The number of carbonyl (C=O) groups is 1. The molecule has 0 amide bonds. The van der Waals surface area contributed by atoms with Crippen LogP contribution in [0, 0.1) is 5.82 Å². The lowest BCUT2D eigenvalue weighted by atomic mass is 9.85. The normalized spacial score (nSPS) is 16.3. The van der Waals surface area contributed by atoms with E-state index in [1.54, 1.807) is 42.7 Å². The summed E-state index contributed by atoms with van der Waals surface area (Å²) in [6, 6.07) is 19.7. The van der Waals surface area contributed by atoms with Gasteiger partial charge in [-0.15, -0.1) is 0 Å². The number of pyridine rings is 1. The fourth-order valence-corrected chi connectivity index (χ4v) is 5.05. The van der Waals surface area contributed by atoms with Crippen molar-refractivity contribution in [3.63, 3.8) is 0 Å². The molecule has 1 aliphatic heterocycles. The van der Waals surface area contributed by atoms with E-state index in [1.807, 2.05) is 30.3 Å². The number of hydrogen-bond donors (Lipinski definition) is 1. The summed E-state index contributed by atoms with van der Waals surface area (Å²) in [5, 5.41) is 0.306. The van der Waals surface area contributed by atoms with Crippen molar-refractivity contribution in [2.45, 2.75) is 18.4 Å². The van der Waals surface area contributed by atoms with Gasteiger partial charge in [0.05, 0.1) is 7.11 Å². The van der Waals surface area contributed by atoms with Gasteiger partial charge in [-0.2, -0.15) is 0 Å². The Morgan fingerprint density at radius 3 is 2.61 bits per heavy atom. The molecule has 0 saturated heterocycles. The largest absolute Gasteiger partial charge is 0.494 e. The van der Waals surface area contributed by atoms with Gasteiger partial charge in [0.15, 0.2) is 23.0 Å². The first-order valence-electron chi connectivity index (χ1n) is 11.5. The minimum atomic E-state index is -0.835. The van der Waals surface area contributed by atoms with Crippen molar-refractivity contribution in [1.29, 1.82) is 0 Å². The summed E-state index contributed by atoms with van der Waals surface area (Å²) >= 11 is 6.71. The lowest BCUT2D eigenvalue weighted by Crippen LogP contribution is -2.39. The molecule has 5 rings (SSSR count). The maximum atomic E-state index is 16.0. The second-order valence-electron chi connectivity index (χ2n) is 8.71. The Hall–Kier alpha value is -3.74. The molecular formula is C29H24ClFN2O3. The average Bonchev–Trinajstić information content (AvgIpc) is 3.30.